The molecule has 2 atom stereocenters. The van der Waals surface area contributed by atoms with Crippen LogP contribution < -0.4 is 5.32 Å². The zero-order chi connectivity index (χ0) is 47.9. The number of amides is 1. The van der Waals surface area contributed by atoms with Crippen LogP contribution in [0.1, 0.15) is 335 Å². The smallest absolute Gasteiger partial charge is 0.305 e. The van der Waals surface area contributed by atoms with Crippen LogP contribution in [-0.4, -0.2) is 47.4 Å². The molecule has 0 aliphatic rings. The fraction of sp³-hybridized carbons (Fsp3) is 0.933. The molecule has 2 unspecified atom stereocenters. The highest BCUT2D eigenvalue weighted by Gasteiger charge is 2.20. The van der Waals surface area contributed by atoms with Gasteiger partial charge in [-0.15, -0.1) is 0 Å². The number of unbranched alkanes of at least 4 members (excludes halogenated alkanes) is 43. The van der Waals surface area contributed by atoms with Crippen LogP contribution in [0.5, 0.6) is 0 Å². The van der Waals surface area contributed by atoms with Gasteiger partial charge < -0.3 is 20.3 Å². The zero-order valence-electron chi connectivity index (χ0n) is 44.7. The van der Waals surface area contributed by atoms with Crippen LogP contribution in [0.15, 0.2) is 12.2 Å². The maximum atomic E-state index is 12.5. The molecule has 0 radical (unpaired) electrons. The summed E-state index contributed by atoms with van der Waals surface area (Å²) in [6.45, 7) is 4.94. The largest absolute Gasteiger partial charge is 0.466 e. The van der Waals surface area contributed by atoms with Crippen molar-refractivity contribution in [1.29, 1.82) is 0 Å². The van der Waals surface area contributed by atoms with Gasteiger partial charge in [-0.3, -0.25) is 9.59 Å². The summed E-state index contributed by atoms with van der Waals surface area (Å²) in [5, 5.41) is 23.3. The van der Waals surface area contributed by atoms with E-state index >= 15 is 0 Å². The summed E-state index contributed by atoms with van der Waals surface area (Å²) in [7, 11) is 0. The minimum Gasteiger partial charge on any atom is -0.466 e. The Balaban J connectivity index is 3.42. The Morgan fingerprint density at radius 3 is 1.11 bits per heavy atom. The minimum absolute atomic E-state index is 0.00388. The second-order valence-corrected chi connectivity index (χ2v) is 20.7. The quantitative estimate of drug-likeness (QED) is 0.0321. The van der Waals surface area contributed by atoms with Crippen molar-refractivity contribution in [1.82, 2.24) is 5.32 Å². The lowest BCUT2D eigenvalue weighted by Gasteiger charge is -2.22. The number of hydrogen-bond acceptors (Lipinski definition) is 5. The van der Waals surface area contributed by atoms with E-state index in [1.165, 1.54) is 257 Å². The Morgan fingerprint density at radius 1 is 0.409 bits per heavy atom. The molecule has 0 bridgehead atoms. The molecular formula is C60H117NO5. The van der Waals surface area contributed by atoms with E-state index in [9.17, 15) is 19.8 Å². The van der Waals surface area contributed by atoms with Crippen molar-refractivity contribution < 1.29 is 24.5 Å². The Labute approximate surface area is 412 Å². The number of rotatable bonds is 56. The van der Waals surface area contributed by atoms with E-state index in [4.69, 9.17) is 4.74 Å². The third-order valence-corrected chi connectivity index (χ3v) is 14.1. The van der Waals surface area contributed by atoms with E-state index in [0.717, 1.165) is 44.9 Å². The summed E-state index contributed by atoms with van der Waals surface area (Å²) in [6, 6.07) is -0.546. The van der Waals surface area contributed by atoms with Crippen molar-refractivity contribution in [2.45, 2.75) is 347 Å². The summed E-state index contributed by atoms with van der Waals surface area (Å²) >= 11 is 0. The minimum atomic E-state index is -0.668. The highest BCUT2D eigenvalue weighted by molar-refractivity contribution is 5.76. The van der Waals surface area contributed by atoms with E-state index in [2.05, 4.69) is 31.3 Å². The van der Waals surface area contributed by atoms with Crippen LogP contribution in [0.25, 0.3) is 0 Å². The number of aliphatic hydroxyl groups excluding tert-OH is 2. The van der Waals surface area contributed by atoms with Crippen LogP contribution in [-0.2, 0) is 14.3 Å². The first-order valence-corrected chi connectivity index (χ1v) is 29.9. The molecule has 66 heavy (non-hydrogen) atoms. The van der Waals surface area contributed by atoms with Crippen molar-refractivity contribution in [3.8, 4) is 0 Å². The van der Waals surface area contributed by atoms with Gasteiger partial charge in [0.2, 0.25) is 5.91 Å². The van der Waals surface area contributed by atoms with Crippen molar-refractivity contribution >= 4 is 11.9 Å². The van der Waals surface area contributed by atoms with E-state index < -0.39 is 12.1 Å². The lowest BCUT2D eigenvalue weighted by atomic mass is 10.0. The van der Waals surface area contributed by atoms with Crippen LogP contribution in [0.3, 0.4) is 0 Å². The van der Waals surface area contributed by atoms with Crippen molar-refractivity contribution in [2.75, 3.05) is 13.2 Å². The van der Waals surface area contributed by atoms with Gasteiger partial charge in [-0.2, -0.15) is 0 Å². The Bertz CT molecular complexity index is 986. The number of esters is 1. The summed E-state index contributed by atoms with van der Waals surface area (Å²) in [5.41, 5.74) is 0. The molecule has 0 aliphatic heterocycles. The number of nitrogens with one attached hydrogen (secondary N) is 1. The third kappa shape index (κ3) is 52.0. The van der Waals surface area contributed by atoms with Gasteiger partial charge in [-0.25, -0.2) is 0 Å². The molecule has 0 aromatic carbocycles. The molecular weight excluding hydrogens is 815 g/mol. The molecule has 0 fully saturated rings. The molecule has 0 aromatic heterocycles. The van der Waals surface area contributed by atoms with E-state index in [1.54, 1.807) is 0 Å². The summed E-state index contributed by atoms with van der Waals surface area (Å²) in [6.07, 6.45) is 66.3. The normalized spacial score (nSPS) is 12.6. The first kappa shape index (κ1) is 64.6. The van der Waals surface area contributed by atoms with Gasteiger partial charge in [-0.1, -0.05) is 283 Å². The Morgan fingerprint density at radius 2 is 0.712 bits per heavy atom. The second kappa shape index (κ2) is 56.2. The van der Waals surface area contributed by atoms with Gasteiger partial charge in [-0.05, 0) is 51.4 Å². The van der Waals surface area contributed by atoms with Gasteiger partial charge in [0.05, 0.1) is 25.4 Å². The van der Waals surface area contributed by atoms with Gasteiger partial charge in [0.15, 0.2) is 0 Å². The molecule has 0 spiro atoms. The lowest BCUT2D eigenvalue weighted by molar-refractivity contribution is -0.143. The average Bonchev–Trinajstić information content (AvgIpc) is 3.32. The maximum absolute atomic E-state index is 12.5. The number of allylic oxidation sites excluding steroid dienone is 2. The Kier molecular flexibility index (Phi) is 55.0. The van der Waals surface area contributed by atoms with Crippen LogP contribution >= 0.6 is 0 Å². The molecule has 0 saturated heterocycles. The van der Waals surface area contributed by atoms with Crippen molar-refractivity contribution in [2.24, 2.45) is 0 Å². The molecule has 0 rings (SSSR count). The monoisotopic (exact) mass is 932 g/mol. The number of carbonyl (C=O) groups excluding carboxylic acids is 2. The summed E-state index contributed by atoms with van der Waals surface area (Å²) < 4.78 is 5.46. The highest BCUT2D eigenvalue weighted by atomic mass is 16.5. The number of aliphatic hydroxyl groups is 2. The maximum Gasteiger partial charge on any atom is 0.305 e. The molecule has 392 valence electrons. The molecule has 0 heterocycles. The van der Waals surface area contributed by atoms with Crippen molar-refractivity contribution in [3.05, 3.63) is 12.2 Å². The number of ether oxygens (including phenoxy) is 1. The fourth-order valence-corrected chi connectivity index (χ4v) is 9.46. The molecule has 1 amide bonds. The molecule has 6 heteroatoms. The van der Waals surface area contributed by atoms with Gasteiger partial charge >= 0.3 is 5.97 Å². The van der Waals surface area contributed by atoms with Crippen molar-refractivity contribution in [3.63, 3.8) is 0 Å². The van der Waals surface area contributed by atoms with E-state index in [-0.39, 0.29) is 18.5 Å². The van der Waals surface area contributed by atoms with Gasteiger partial charge in [0, 0.05) is 12.8 Å². The molecule has 6 nitrogen and oxygen atoms in total. The predicted octanol–water partition coefficient (Wildman–Crippen LogP) is 18.5. The standard InChI is InChI=1S/C60H117NO5/c1-3-5-7-9-11-13-15-17-18-19-20-21-23-26-29-32-36-40-44-48-52-58(63)57(56-62)61-59(64)53-49-45-41-37-33-30-27-24-22-25-28-31-35-39-43-47-51-55-66-60(65)54-50-46-42-38-34-16-14-12-10-8-6-4-2/h12,14,57-58,62-63H,3-11,13,15-56H2,1-2H3,(H,61,64)/b14-12-. The SMILES string of the molecule is CCCCC/C=C\CCCCCCCC(=O)OCCCCCCCCCCCCCCCCCCCC(=O)NC(CO)C(O)CCCCCCCCCCCCCCCCCCCCCC. The molecule has 0 saturated carbocycles. The van der Waals surface area contributed by atoms with Crippen LogP contribution in [0.2, 0.25) is 0 Å². The topological polar surface area (TPSA) is 95.9 Å². The number of carbonyl (C=O) groups is 2. The predicted molar refractivity (Wildman–Crippen MR) is 287 cm³/mol. The first-order chi connectivity index (χ1) is 32.5. The Hall–Kier alpha value is -1.40. The third-order valence-electron chi connectivity index (χ3n) is 14.1. The summed E-state index contributed by atoms with van der Waals surface area (Å²) in [5.74, 6) is -0.0409. The highest BCUT2D eigenvalue weighted by Crippen LogP contribution is 2.18. The average molecular weight is 933 g/mol. The fourth-order valence-electron chi connectivity index (χ4n) is 9.46. The molecule has 3 N–H and O–H groups in total. The van der Waals surface area contributed by atoms with Crippen LogP contribution in [0, 0.1) is 0 Å². The van der Waals surface area contributed by atoms with E-state index in [1.807, 2.05) is 0 Å². The molecule has 0 aliphatic carbocycles. The lowest BCUT2D eigenvalue weighted by Crippen LogP contribution is -2.45. The van der Waals surface area contributed by atoms with E-state index in [0.29, 0.717) is 25.9 Å². The molecule has 0 aromatic rings. The van der Waals surface area contributed by atoms with Gasteiger partial charge in [0.1, 0.15) is 0 Å². The van der Waals surface area contributed by atoms with Crippen LogP contribution in [0.4, 0.5) is 0 Å². The number of hydrogen-bond donors (Lipinski definition) is 3. The summed E-state index contributed by atoms with van der Waals surface area (Å²) in [4.78, 5) is 24.5. The first-order valence-electron chi connectivity index (χ1n) is 29.9. The van der Waals surface area contributed by atoms with Gasteiger partial charge in [0.25, 0.3) is 0 Å². The zero-order valence-corrected chi connectivity index (χ0v) is 44.7. The second-order valence-electron chi connectivity index (χ2n) is 20.7.